The molecule has 29 heavy (non-hydrogen) atoms. The van der Waals surface area contributed by atoms with E-state index in [0.717, 1.165) is 30.7 Å². The summed E-state index contributed by atoms with van der Waals surface area (Å²) in [5.41, 5.74) is -0.265. The van der Waals surface area contributed by atoms with Crippen LogP contribution >= 0.6 is 11.6 Å². The van der Waals surface area contributed by atoms with Gasteiger partial charge in [0.05, 0.1) is 28.1 Å². The van der Waals surface area contributed by atoms with Crippen LogP contribution in [0.5, 0.6) is 0 Å². The summed E-state index contributed by atoms with van der Waals surface area (Å²) in [6.45, 7) is 0. The summed E-state index contributed by atoms with van der Waals surface area (Å²) in [7, 11) is -3.13. The Kier molecular flexibility index (Phi) is 4.89. The zero-order valence-corrected chi connectivity index (χ0v) is 16.6. The third kappa shape index (κ3) is 4.28. The Morgan fingerprint density at radius 3 is 2.52 bits per heavy atom. The van der Waals surface area contributed by atoms with Crippen molar-refractivity contribution in [1.82, 2.24) is 9.78 Å². The maximum atomic E-state index is 13.0. The molecule has 2 fully saturated rings. The molecule has 1 aliphatic carbocycles. The van der Waals surface area contributed by atoms with Crippen molar-refractivity contribution < 1.29 is 26.4 Å². The van der Waals surface area contributed by atoms with Gasteiger partial charge in [0, 0.05) is 17.3 Å². The van der Waals surface area contributed by atoms with E-state index in [1.165, 1.54) is 6.07 Å². The standard InChI is InChI=1S/C18H17ClF3N3O3S/c19-14-4-3-11(7-13(14)18(20,21)22)23-17(26)15-8-16(10-1-2-10)25(24-15)12-5-6-29(27,28)9-12/h3-4,7-8,10,12H,1-2,5-6,9H2,(H,23,26)/t12-/m1/s1. The summed E-state index contributed by atoms with van der Waals surface area (Å²) in [6, 6.07) is 4.38. The van der Waals surface area contributed by atoms with Crippen LogP contribution in [0.3, 0.4) is 0 Å². The summed E-state index contributed by atoms with van der Waals surface area (Å²) in [6.07, 6.45) is -2.36. The molecule has 1 N–H and O–H groups in total. The lowest BCUT2D eigenvalue weighted by Gasteiger charge is -2.12. The molecule has 1 aromatic carbocycles. The third-order valence-electron chi connectivity index (χ3n) is 5.08. The highest BCUT2D eigenvalue weighted by Crippen LogP contribution is 2.42. The quantitative estimate of drug-likeness (QED) is 0.766. The van der Waals surface area contributed by atoms with Crippen LogP contribution in [0.1, 0.15) is 53.0 Å². The molecule has 156 valence electrons. The first kappa shape index (κ1) is 20.2. The van der Waals surface area contributed by atoms with E-state index in [9.17, 15) is 26.4 Å². The smallest absolute Gasteiger partial charge is 0.321 e. The molecule has 6 nitrogen and oxygen atoms in total. The maximum Gasteiger partial charge on any atom is 0.417 e. The van der Waals surface area contributed by atoms with Gasteiger partial charge in [-0.25, -0.2) is 8.42 Å². The van der Waals surface area contributed by atoms with Crippen molar-refractivity contribution in [3.63, 3.8) is 0 Å². The Bertz CT molecular complexity index is 1080. The van der Waals surface area contributed by atoms with E-state index < -0.39 is 32.5 Å². The lowest BCUT2D eigenvalue weighted by molar-refractivity contribution is -0.137. The van der Waals surface area contributed by atoms with E-state index >= 15 is 0 Å². The van der Waals surface area contributed by atoms with Gasteiger partial charge >= 0.3 is 6.18 Å². The minimum absolute atomic E-state index is 0.0262. The van der Waals surface area contributed by atoms with Crippen LogP contribution in [0, 0.1) is 0 Å². The minimum Gasteiger partial charge on any atom is -0.321 e. The molecule has 0 radical (unpaired) electrons. The van der Waals surface area contributed by atoms with Gasteiger partial charge in [-0.1, -0.05) is 11.6 Å². The lowest BCUT2D eigenvalue weighted by atomic mass is 10.2. The van der Waals surface area contributed by atoms with Crippen LogP contribution in [0.25, 0.3) is 0 Å². The molecule has 1 saturated carbocycles. The minimum atomic E-state index is -4.65. The van der Waals surface area contributed by atoms with E-state index in [2.05, 4.69) is 10.4 Å². The maximum absolute atomic E-state index is 13.0. The average molecular weight is 448 g/mol. The topological polar surface area (TPSA) is 81.1 Å². The predicted molar refractivity (Wildman–Crippen MR) is 101 cm³/mol. The molecule has 11 heteroatoms. The van der Waals surface area contributed by atoms with Crippen LogP contribution in [-0.2, 0) is 16.0 Å². The fourth-order valence-electron chi connectivity index (χ4n) is 3.48. The number of aromatic nitrogens is 2. The van der Waals surface area contributed by atoms with Gasteiger partial charge in [-0.3, -0.25) is 9.48 Å². The highest BCUT2D eigenvalue weighted by Gasteiger charge is 2.36. The van der Waals surface area contributed by atoms with E-state index in [1.807, 2.05) is 0 Å². The Morgan fingerprint density at radius 1 is 1.21 bits per heavy atom. The summed E-state index contributed by atoms with van der Waals surface area (Å²) >= 11 is 5.60. The van der Waals surface area contributed by atoms with Crippen molar-refractivity contribution in [3.05, 3.63) is 46.2 Å². The molecule has 1 aliphatic heterocycles. The summed E-state index contributed by atoms with van der Waals surface area (Å²) in [5, 5.41) is 6.25. The molecule has 0 spiro atoms. The van der Waals surface area contributed by atoms with Crippen molar-refractivity contribution in [2.45, 2.75) is 37.4 Å². The third-order valence-corrected chi connectivity index (χ3v) is 7.16. The number of benzene rings is 1. The van der Waals surface area contributed by atoms with Crippen molar-refractivity contribution in [2.75, 3.05) is 16.8 Å². The summed E-state index contributed by atoms with van der Waals surface area (Å²) in [4.78, 5) is 12.6. The molecule has 0 bridgehead atoms. The normalized spacial score (nSPS) is 21.3. The van der Waals surface area contributed by atoms with Gasteiger partial charge in [0.15, 0.2) is 15.5 Å². The van der Waals surface area contributed by atoms with Crippen LogP contribution in [0.2, 0.25) is 5.02 Å². The second-order valence-corrected chi connectivity index (χ2v) is 10.0. The number of halogens is 4. The Morgan fingerprint density at radius 2 is 1.93 bits per heavy atom. The van der Waals surface area contributed by atoms with Crippen LogP contribution < -0.4 is 5.32 Å². The molecule has 4 rings (SSSR count). The van der Waals surface area contributed by atoms with Gasteiger partial charge < -0.3 is 5.32 Å². The number of hydrogen-bond acceptors (Lipinski definition) is 4. The number of carbonyl (C=O) groups is 1. The number of alkyl halides is 3. The summed E-state index contributed by atoms with van der Waals surface area (Å²) in [5.74, 6) is -0.392. The number of anilines is 1. The van der Waals surface area contributed by atoms with Crippen LogP contribution in [0.4, 0.5) is 18.9 Å². The molecule has 2 aliphatic rings. The van der Waals surface area contributed by atoms with E-state index in [1.54, 1.807) is 10.7 Å². The molecule has 2 heterocycles. The molecule has 1 saturated heterocycles. The number of sulfone groups is 1. The molecular weight excluding hydrogens is 431 g/mol. The average Bonchev–Trinajstić information content (AvgIpc) is 3.26. The lowest BCUT2D eigenvalue weighted by Crippen LogP contribution is -2.17. The van der Waals surface area contributed by atoms with Gasteiger partial charge in [-0.2, -0.15) is 18.3 Å². The second kappa shape index (κ2) is 7.02. The van der Waals surface area contributed by atoms with Gasteiger partial charge in [0.2, 0.25) is 0 Å². The van der Waals surface area contributed by atoms with Crippen molar-refractivity contribution >= 4 is 33.0 Å². The SMILES string of the molecule is O=C(Nc1ccc(Cl)c(C(F)(F)F)c1)c1cc(C2CC2)n([C@@H]2CCS(=O)(=O)C2)n1. The van der Waals surface area contributed by atoms with Gasteiger partial charge in [-0.05, 0) is 43.5 Å². The van der Waals surface area contributed by atoms with Crippen LogP contribution in [-0.4, -0.2) is 35.6 Å². The number of rotatable bonds is 4. The number of hydrogen-bond donors (Lipinski definition) is 1. The first-order chi connectivity index (χ1) is 13.5. The molecule has 1 aromatic heterocycles. The largest absolute Gasteiger partial charge is 0.417 e. The van der Waals surface area contributed by atoms with Crippen molar-refractivity contribution in [1.29, 1.82) is 0 Å². The zero-order valence-electron chi connectivity index (χ0n) is 15.0. The first-order valence-electron chi connectivity index (χ1n) is 9.01. The Balaban J connectivity index is 1.59. The van der Waals surface area contributed by atoms with Crippen molar-refractivity contribution in [3.8, 4) is 0 Å². The fourth-order valence-corrected chi connectivity index (χ4v) is 5.40. The first-order valence-corrected chi connectivity index (χ1v) is 11.2. The monoisotopic (exact) mass is 447 g/mol. The zero-order chi connectivity index (χ0) is 21.0. The van der Waals surface area contributed by atoms with Gasteiger partial charge in [0.25, 0.3) is 5.91 Å². The van der Waals surface area contributed by atoms with Gasteiger partial charge in [0.1, 0.15) is 0 Å². The van der Waals surface area contributed by atoms with E-state index in [4.69, 9.17) is 11.6 Å². The predicted octanol–water partition coefficient (Wildman–Crippen LogP) is 4.04. The van der Waals surface area contributed by atoms with E-state index in [0.29, 0.717) is 6.42 Å². The number of nitrogens with zero attached hydrogens (tertiary/aromatic N) is 2. The highest BCUT2D eigenvalue weighted by atomic mass is 35.5. The molecular formula is C18H17ClF3N3O3S. The number of carbonyl (C=O) groups excluding carboxylic acids is 1. The molecule has 1 atom stereocenters. The van der Waals surface area contributed by atoms with Gasteiger partial charge in [-0.15, -0.1) is 0 Å². The number of amides is 1. The number of nitrogens with one attached hydrogen (secondary N) is 1. The fraction of sp³-hybridized carbons (Fsp3) is 0.444. The Labute approximate surface area is 170 Å². The Hall–Kier alpha value is -2.07. The van der Waals surface area contributed by atoms with Crippen LogP contribution in [0.15, 0.2) is 24.3 Å². The molecule has 1 amide bonds. The molecule has 2 aromatic rings. The van der Waals surface area contributed by atoms with E-state index in [-0.39, 0.29) is 34.8 Å². The highest BCUT2D eigenvalue weighted by molar-refractivity contribution is 7.91. The second-order valence-electron chi connectivity index (χ2n) is 7.38. The van der Waals surface area contributed by atoms with Crippen molar-refractivity contribution in [2.24, 2.45) is 0 Å². The molecule has 0 unspecified atom stereocenters. The summed E-state index contributed by atoms with van der Waals surface area (Å²) < 4.78 is 64.3.